The molecule has 2 N–H and O–H groups in total. The Labute approximate surface area is 132 Å². The lowest BCUT2D eigenvalue weighted by molar-refractivity contribution is 0.0600. The Morgan fingerprint density at radius 3 is 2.57 bits per heavy atom. The molecule has 0 fully saturated rings. The van der Waals surface area contributed by atoms with Gasteiger partial charge in [-0.2, -0.15) is 0 Å². The zero-order chi connectivity index (χ0) is 16.7. The molecule has 0 saturated heterocycles. The van der Waals surface area contributed by atoms with E-state index in [0.717, 1.165) is 5.56 Å². The third-order valence-electron chi connectivity index (χ3n) is 2.90. The van der Waals surface area contributed by atoms with E-state index in [2.05, 4.69) is 15.4 Å². The average molecular weight is 314 g/mol. The molecule has 0 saturated carbocycles. The molecule has 2 amide bonds. The standard InChI is InChI=1S/C17H15FN2O3/c1-23-16(21)13-3-2-4-15(11-13)20-17(22)19-10-9-12-5-7-14(18)8-6-12/h2-11H,1H3,(H2,19,20,22)/b10-9+. The fourth-order valence-electron chi connectivity index (χ4n) is 1.80. The summed E-state index contributed by atoms with van der Waals surface area (Å²) in [6, 6.07) is 11.8. The van der Waals surface area contributed by atoms with Crippen LogP contribution in [0.4, 0.5) is 14.9 Å². The van der Waals surface area contributed by atoms with Crippen molar-refractivity contribution in [3.05, 3.63) is 71.7 Å². The lowest BCUT2D eigenvalue weighted by atomic mass is 10.2. The van der Waals surface area contributed by atoms with Crippen molar-refractivity contribution < 1.29 is 18.7 Å². The van der Waals surface area contributed by atoms with Crippen LogP contribution in [0.2, 0.25) is 0 Å². The van der Waals surface area contributed by atoms with E-state index < -0.39 is 12.0 Å². The predicted octanol–water partition coefficient (Wildman–Crippen LogP) is 3.40. The van der Waals surface area contributed by atoms with E-state index in [9.17, 15) is 14.0 Å². The minimum atomic E-state index is -0.481. The topological polar surface area (TPSA) is 67.4 Å². The number of carbonyl (C=O) groups excluding carboxylic acids is 2. The molecule has 0 spiro atoms. The fraction of sp³-hybridized carbons (Fsp3) is 0.0588. The van der Waals surface area contributed by atoms with Crippen molar-refractivity contribution in [2.24, 2.45) is 0 Å². The molecule has 5 nitrogen and oxygen atoms in total. The number of hydrogen-bond donors (Lipinski definition) is 2. The maximum atomic E-state index is 12.8. The SMILES string of the molecule is COC(=O)c1cccc(NC(=O)N/C=C/c2ccc(F)cc2)c1. The summed E-state index contributed by atoms with van der Waals surface area (Å²) < 4.78 is 17.4. The Kier molecular flexibility index (Phi) is 5.46. The minimum Gasteiger partial charge on any atom is -0.465 e. The summed E-state index contributed by atoms with van der Waals surface area (Å²) >= 11 is 0. The van der Waals surface area contributed by atoms with Gasteiger partial charge >= 0.3 is 12.0 Å². The summed E-state index contributed by atoms with van der Waals surface area (Å²) in [5.74, 6) is -0.802. The summed E-state index contributed by atoms with van der Waals surface area (Å²) in [5, 5.41) is 5.10. The Morgan fingerprint density at radius 1 is 1.13 bits per heavy atom. The second kappa shape index (κ2) is 7.74. The molecule has 0 aliphatic rings. The lowest BCUT2D eigenvalue weighted by Crippen LogP contribution is -2.23. The van der Waals surface area contributed by atoms with Gasteiger partial charge in [-0.1, -0.05) is 18.2 Å². The fourth-order valence-corrected chi connectivity index (χ4v) is 1.80. The quantitative estimate of drug-likeness (QED) is 0.850. The molecule has 118 valence electrons. The van der Waals surface area contributed by atoms with Crippen LogP contribution in [0.25, 0.3) is 6.08 Å². The van der Waals surface area contributed by atoms with Crippen LogP contribution in [-0.2, 0) is 4.74 Å². The number of ether oxygens (including phenoxy) is 1. The summed E-state index contributed by atoms with van der Waals surface area (Å²) in [4.78, 5) is 23.2. The van der Waals surface area contributed by atoms with Crippen molar-refractivity contribution in [3.63, 3.8) is 0 Å². The van der Waals surface area contributed by atoms with E-state index in [1.54, 1.807) is 36.4 Å². The first-order valence-electron chi connectivity index (χ1n) is 6.76. The van der Waals surface area contributed by atoms with Crippen LogP contribution in [0.3, 0.4) is 0 Å². The molecule has 0 unspecified atom stereocenters. The lowest BCUT2D eigenvalue weighted by Gasteiger charge is -2.06. The van der Waals surface area contributed by atoms with Crippen LogP contribution >= 0.6 is 0 Å². The van der Waals surface area contributed by atoms with E-state index in [0.29, 0.717) is 11.3 Å². The number of urea groups is 1. The van der Waals surface area contributed by atoms with Crippen molar-refractivity contribution >= 4 is 23.8 Å². The van der Waals surface area contributed by atoms with Crippen molar-refractivity contribution in [1.29, 1.82) is 0 Å². The molecule has 2 aromatic rings. The van der Waals surface area contributed by atoms with Gasteiger partial charge in [0.25, 0.3) is 0 Å². The van der Waals surface area contributed by atoms with Gasteiger partial charge in [-0.3, -0.25) is 0 Å². The third kappa shape index (κ3) is 4.96. The van der Waals surface area contributed by atoms with Gasteiger partial charge < -0.3 is 15.4 Å². The summed E-state index contributed by atoms with van der Waals surface area (Å²) in [6.45, 7) is 0. The van der Waals surface area contributed by atoms with Crippen molar-refractivity contribution in [2.75, 3.05) is 12.4 Å². The maximum absolute atomic E-state index is 12.8. The number of amides is 2. The van der Waals surface area contributed by atoms with E-state index >= 15 is 0 Å². The van der Waals surface area contributed by atoms with Gasteiger partial charge in [-0.05, 0) is 42.0 Å². The summed E-state index contributed by atoms with van der Waals surface area (Å²) in [5.41, 5.74) is 1.55. The smallest absolute Gasteiger partial charge is 0.337 e. The summed E-state index contributed by atoms with van der Waals surface area (Å²) in [7, 11) is 1.29. The zero-order valence-corrected chi connectivity index (χ0v) is 12.4. The molecule has 2 rings (SSSR count). The number of hydrogen-bond acceptors (Lipinski definition) is 3. The number of esters is 1. The Bertz CT molecular complexity index is 727. The van der Waals surface area contributed by atoms with Gasteiger partial charge in [0.2, 0.25) is 0 Å². The second-order valence-corrected chi connectivity index (χ2v) is 4.56. The summed E-state index contributed by atoms with van der Waals surface area (Å²) in [6.07, 6.45) is 3.07. The molecule has 0 atom stereocenters. The van der Waals surface area contributed by atoms with Crippen molar-refractivity contribution in [2.45, 2.75) is 0 Å². The first kappa shape index (κ1) is 16.2. The molecule has 0 heterocycles. The van der Waals surface area contributed by atoms with Crippen molar-refractivity contribution in [1.82, 2.24) is 5.32 Å². The minimum absolute atomic E-state index is 0.321. The predicted molar refractivity (Wildman–Crippen MR) is 85.4 cm³/mol. The largest absolute Gasteiger partial charge is 0.465 e. The Morgan fingerprint density at radius 2 is 1.87 bits per heavy atom. The van der Waals surface area contributed by atoms with Crippen LogP contribution in [-0.4, -0.2) is 19.1 Å². The van der Waals surface area contributed by atoms with Gasteiger partial charge in [0.1, 0.15) is 5.82 Å². The van der Waals surface area contributed by atoms with Crippen molar-refractivity contribution in [3.8, 4) is 0 Å². The number of methoxy groups -OCH3 is 1. The van der Waals surface area contributed by atoms with Crippen LogP contribution in [0.15, 0.2) is 54.7 Å². The van der Waals surface area contributed by atoms with Gasteiger partial charge in [-0.15, -0.1) is 0 Å². The maximum Gasteiger partial charge on any atom is 0.337 e. The molecule has 0 aromatic heterocycles. The monoisotopic (exact) mass is 314 g/mol. The number of benzene rings is 2. The molecule has 6 heteroatoms. The molecular formula is C17H15FN2O3. The van der Waals surface area contributed by atoms with Gasteiger partial charge in [0.05, 0.1) is 12.7 Å². The first-order valence-corrected chi connectivity index (χ1v) is 6.76. The highest BCUT2D eigenvalue weighted by Crippen LogP contribution is 2.11. The van der Waals surface area contributed by atoms with E-state index in [1.165, 1.54) is 31.5 Å². The van der Waals surface area contributed by atoms with Crippen LogP contribution in [0, 0.1) is 5.82 Å². The molecule has 2 aromatic carbocycles. The Balaban J connectivity index is 1.92. The highest BCUT2D eigenvalue weighted by molar-refractivity contribution is 5.94. The van der Waals surface area contributed by atoms with Crippen LogP contribution in [0.1, 0.15) is 15.9 Å². The third-order valence-corrected chi connectivity index (χ3v) is 2.90. The average Bonchev–Trinajstić information content (AvgIpc) is 2.56. The molecule has 0 bridgehead atoms. The van der Waals surface area contributed by atoms with E-state index in [1.807, 2.05) is 0 Å². The van der Waals surface area contributed by atoms with Gasteiger partial charge in [-0.25, -0.2) is 14.0 Å². The van der Waals surface area contributed by atoms with Gasteiger partial charge in [0.15, 0.2) is 0 Å². The second-order valence-electron chi connectivity index (χ2n) is 4.56. The molecule has 0 aliphatic carbocycles. The zero-order valence-electron chi connectivity index (χ0n) is 12.4. The van der Waals surface area contributed by atoms with E-state index in [4.69, 9.17) is 0 Å². The molecule has 23 heavy (non-hydrogen) atoms. The number of anilines is 1. The van der Waals surface area contributed by atoms with Crippen LogP contribution in [0.5, 0.6) is 0 Å². The normalized spacial score (nSPS) is 10.3. The van der Waals surface area contributed by atoms with Crippen LogP contribution < -0.4 is 10.6 Å². The highest BCUT2D eigenvalue weighted by Gasteiger charge is 2.06. The number of carbonyl (C=O) groups is 2. The first-order chi connectivity index (χ1) is 11.1. The molecular weight excluding hydrogens is 299 g/mol. The highest BCUT2D eigenvalue weighted by atomic mass is 19.1. The van der Waals surface area contributed by atoms with Gasteiger partial charge in [0, 0.05) is 11.9 Å². The molecule has 0 radical (unpaired) electrons. The Hall–Kier alpha value is -3.15. The van der Waals surface area contributed by atoms with E-state index in [-0.39, 0.29) is 5.82 Å². The number of nitrogens with one attached hydrogen (secondary N) is 2. The number of rotatable bonds is 4. The molecule has 0 aliphatic heterocycles. The number of halogens is 1.